The molecular weight excluding hydrogens is 348 g/mol. The number of nitrogens with zero attached hydrogens (tertiary/aromatic N) is 2. The summed E-state index contributed by atoms with van der Waals surface area (Å²) >= 11 is 0. The van der Waals surface area contributed by atoms with Gasteiger partial charge in [0.2, 0.25) is 5.78 Å². The zero-order valence-electron chi connectivity index (χ0n) is 17.3. The molecule has 6 rings (SSSR count). The van der Waals surface area contributed by atoms with Gasteiger partial charge in [0.1, 0.15) is 0 Å². The van der Waals surface area contributed by atoms with Crippen LogP contribution in [-0.4, -0.2) is 26.0 Å². The normalized spacial score (nSPS) is 51.6. The number of carbonyl (C=O) groups excluding carboxylic acids is 1. The van der Waals surface area contributed by atoms with Gasteiger partial charge in [-0.15, -0.1) is 0 Å². The molecule has 0 saturated heterocycles. The highest BCUT2D eigenvalue weighted by Crippen LogP contribution is 2.68. The summed E-state index contributed by atoms with van der Waals surface area (Å²) in [6, 6.07) is 0. The molecule has 5 saturated carbocycles. The highest BCUT2D eigenvalue weighted by Gasteiger charge is 2.65. The maximum atomic E-state index is 13.3. The Morgan fingerprint density at radius 3 is 2.46 bits per heavy atom. The molecule has 0 aromatic carbocycles. The third-order valence-electron chi connectivity index (χ3n) is 10.3. The summed E-state index contributed by atoms with van der Waals surface area (Å²) in [7, 11) is 1.94. The van der Waals surface area contributed by atoms with Gasteiger partial charge in [0.25, 0.3) is 0 Å². The number of aromatic nitrogens is 2. The highest BCUT2D eigenvalue weighted by atomic mass is 16.3. The average Bonchev–Trinajstić information content (AvgIpc) is 3.01. The topological polar surface area (TPSA) is 55.1 Å². The van der Waals surface area contributed by atoms with E-state index in [1.807, 2.05) is 17.8 Å². The Morgan fingerprint density at radius 2 is 1.75 bits per heavy atom. The second kappa shape index (κ2) is 5.71. The minimum absolute atomic E-state index is 0.150. The summed E-state index contributed by atoms with van der Waals surface area (Å²) in [5.74, 6) is 5.70. The summed E-state index contributed by atoms with van der Waals surface area (Å²) in [5, 5.41) is 10.6. The second-order valence-corrected chi connectivity index (χ2v) is 11.2. The molecule has 9 atom stereocenters. The van der Waals surface area contributed by atoms with Crippen molar-refractivity contribution in [2.24, 2.45) is 53.9 Å². The predicted molar refractivity (Wildman–Crippen MR) is 107 cm³/mol. The molecule has 0 spiro atoms. The number of Topliss-reactive ketones (excluding diaryl/α,β-unsaturated/α-hetero) is 1. The minimum atomic E-state index is -0.274. The van der Waals surface area contributed by atoms with Crippen molar-refractivity contribution in [1.82, 2.24) is 9.55 Å². The molecule has 28 heavy (non-hydrogen) atoms. The van der Waals surface area contributed by atoms with Gasteiger partial charge in [-0.3, -0.25) is 4.79 Å². The number of ketones is 1. The zero-order valence-corrected chi connectivity index (χ0v) is 17.3. The van der Waals surface area contributed by atoms with Gasteiger partial charge in [-0.05, 0) is 98.7 Å². The highest BCUT2D eigenvalue weighted by molar-refractivity contribution is 5.95. The van der Waals surface area contributed by atoms with Gasteiger partial charge in [0.15, 0.2) is 5.82 Å². The zero-order chi connectivity index (χ0) is 19.3. The van der Waals surface area contributed by atoms with E-state index in [2.05, 4.69) is 11.9 Å². The van der Waals surface area contributed by atoms with E-state index in [1.54, 1.807) is 6.20 Å². The van der Waals surface area contributed by atoms with Crippen molar-refractivity contribution in [2.45, 2.75) is 70.3 Å². The van der Waals surface area contributed by atoms with E-state index in [4.69, 9.17) is 0 Å². The van der Waals surface area contributed by atoms with Crippen LogP contribution in [0.1, 0.15) is 75.3 Å². The van der Waals surface area contributed by atoms with Crippen molar-refractivity contribution in [3.05, 3.63) is 18.2 Å². The Bertz CT molecular complexity index is 817. The molecule has 1 unspecified atom stereocenters. The van der Waals surface area contributed by atoms with Crippen LogP contribution in [0.15, 0.2) is 12.4 Å². The fraction of sp³-hybridized carbons (Fsp3) is 0.833. The first kappa shape index (κ1) is 17.7. The Balaban J connectivity index is 1.25. The molecule has 4 nitrogen and oxygen atoms in total. The van der Waals surface area contributed by atoms with E-state index in [0.717, 1.165) is 42.9 Å². The van der Waals surface area contributed by atoms with Gasteiger partial charge in [-0.2, -0.15) is 0 Å². The number of hydrogen-bond donors (Lipinski definition) is 1. The second-order valence-electron chi connectivity index (χ2n) is 11.2. The number of rotatable bonds is 2. The van der Waals surface area contributed by atoms with E-state index in [1.165, 1.54) is 38.5 Å². The van der Waals surface area contributed by atoms with Gasteiger partial charge in [0, 0.05) is 25.4 Å². The standard InChI is InChI=1S/C24H34N2O2/c1-23-9-7-14-15-8-10-24(28)13-20(24)17(15)4-3-16(14)18(23)5-6-19(23)21(27)22-25-11-12-26(22)2/h11-12,14-20,28H,3-10,13H2,1-2H3/t14-,15-,16-,17+,18+,19-,20?,23+,24+/m1/s1. The summed E-state index contributed by atoms with van der Waals surface area (Å²) < 4.78 is 1.90. The lowest BCUT2D eigenvalue weighted by molar-refractivity contribution is -0.0765. The molecule has 5 aliphatic carbocycles. The lowest BCUT2D eigenvalue weighted by atomic mass is 9.49. The first-order valence-corrected chi connectivity index (χ1v) is 11.7. The van der Waals surface area contributed by atoms with E-state index in [9.17, 15) is 9.90 Å². The van der Waals surface area contributed by atoms with Crippen LogP contribution >= 0.6 is 0 Å². The van der Waals surface area contributed by atoms with Crippen LogP contribution in [0.3, 0.4) is 0 Å². The van der Waals surface area contributed by atoms with Crippen LogP contribution in [-0.2, 0) is 7.05 Å². The van der Waals surface area contributed by atoms with Crippen molar-refractivity contribution < 1.29 is 9.90 Å². The largest absolute Gasteiger partial charge is 0.390 e. The molecule has 0 amide bonds. The van der Waals surface area contributed by atoms with Crippen molar-refractivity contribution in [3.63, 3.8) is 0 Å². The maximum absolute atomic E-state index is 13.3. The lowest BCUT2D eigenvalue weighted by Gasteiger charge is -2.55. The molecule has 5 aliphatic rings. The molecule has 0 aliphatic heterocycles. The molecule has 1 aromatic rings. The Labute approximate surface area is 168 Å². The number of fused-ring (bicyclic) bond motifs is 7. The fourth-order valence-corrected chi connectivity index (χ4v) is 8.87. The average molecular weight is 383 g/mol. The van der Waals surface area contributed by atoms with Crippen LogP contribution in [0.4, 0.5) is 0 Å². The third kappa shape index (κ3) is 2.21. The SMILES string of the molecule is Cn1ccnc1C(=O)[C@H]1CC[C@H]2[C@@H]3CC[C@@H]4C5C[C@@]5(O)CC[C@@H]4[C@H]3CC[C@]12C. The Morgan fingerprint density at radius 1 is 1.04 bits per heavy atom. The van der Waals surface area contributed by atoms with E-state index < -0.39 is 0 Å². The van der Waals surface area contributed by atoms with Crippen molar-refractivity contribution >= 4 is 5.78 Å². The first-order chi connectivity index (χ1) is 13.4. The molecule has 4 heteroatoms. The molecule has 5 fully saturated rings. The lowest BCUT2D eigenvalue weighted by Crippen LogP contribution is -2.50. The summed E-state index contributed by atoms with van der Waals surface area (Å²) in [6.07, 6.45) is 14.5. The number of carbonyl (C=O) groups is 1. The van der Waals surface area contributed by atoms with E-state index in [0.29, 0.717) is 17.7 Å². The Kier molecular flexibility index (Phi) is 3.61. The van der Waals surface area contributed by atoms with Gasteiger partial charge >= 0.3 is 0 Å². The number of aryl methyl sites for hydroxylation is 1. The van der Waals surface area contributed by atoms with Crippen molar-refractivity contribution in [3.8, 4) is 0 Å². The molecule has 0 radical (unpaired) electrons. The number of imidazole rings is 1. The quantitative estimate of drug-likeness (QED) is 0.779. The van der Waals surface area contributed by atoms with Crippen LogP contribution in [0, 0.1) is 46.8 Å². The summed E-state index contributed by atoms with van der Waals surface area (Å²) in [4.78, 5) is 17.7. The smallest absolute Gasteiger partial charge is 0.201 e. The van der Waals surface area contributed by atoms with Crippen LogP contribution in [0.5, 0.6) is 0 Å². The van der Waals surface area contributed by atoms with Crippen molar-refractivity contribution in [2.75, 3.05) is 0 Å². The maximum Gasteiger partial charge on any atom is 0.201 e. The molecule has 1 heterocycles. The number of aliphatic hydroxyl groups is 1. The van der Waals surface area contributed by atoms with Gasteiger partial charge in [-0.1, -0.05) is 6.92 Å². The number of hydrogen-bond acceptors (Lipinski definition) is 3. The first-order valence-electron chi connectivity index (χ1n) is 11.7. The molecule has 1 aromatic heterocycles. The Hall–Kier alpha value is -1.16. The monoisotopic (exact) mass is 382 g/mol. The molecular formula is C24H34N2O2. The molecule has 0 bridgehead atoms. The third-order valence-corrected chi connectivity index (χ3v) is 10.3. The summed E-state index contributed by atoms with van der Waals surface area (Å²) in [6.45, 7) is 2.43. The van der Waals surface area contributed by atoms with Gasteiger partial charge < -0.3 is 9.67 Å². The van der Waals surface area contributed by atoms with Gasteiger partial charge in [0.05, 0.1) is 5.60 Å². The predicted octanol–water partition coefficient (Wildman–Crippen LogP) is 4.23. The van der Waals surface area contributed by atoms with E-state index in [-0.39, 0.29) is 22.7 Å². The summed E-state index contributed by atoms with van der Waals surface area (Å²) in [5.41, 5.74) is -0.115. The van der Waals surface area contributed by atoms with Gasteiger partial charge in [-0.25, -0.2) is 4.98 Å². The van der Waals surface area contributed by atoms with Crippen LogP contribution in [0.25, 0.3) is 0 Å². The minimum Gasteiger partial charge on any atom is -0.390 e. The van der Waals surface area contributed by atoms with Crippen LogP contribution < -0.4 is 0 Å². The van der Waals surface area contributed by atoms with Crippen molar-refractivity contribution in [1.29, 1.82) is 0 Å². The molecule has 1 N–H and O–H groups in total. The van der Waals surface area contributed by atoms with Crippen LogP contribution in [0.2, 0.25) is 0 Å². The molecule has 152 valence electrons. The van der Waals surface area contributed by atoms with E-state index >= 15 is 0 Å². The fourth-order valence-electron chi connectivity index (χ4n) is 8.87.